The maximum absolute atomic E-state index is 14.2. The summed E-state index contributed by atoms with van der Waals surface area (Å²) in [5.74, 6) is 2.33. The van der Waals surface area contributed by atoms with Crippen LogP contribution in [0.15, 0.2) is 24.5 Å². The van der Waals surface area contributed by atoms with Gasteiger partial charge in [0.05, 0.1) is 18.4 Å². The molecule has 1 fully saturated rings. The molecule has 1 aliphatic heterocycles. The number of ether oxygens (including phenoxy) is 2. The Morgan fingerprint density at radius 3 is 2.74 bits per heavy atom. The first-order valence-electron chi connectivity index (χ1n) is 9.79. The Hall–Kier alpha value is -3.85. The van der Waals surface area contributed by atoms with Crippen molar-refractivity contribution in [1.29, 1.82) is 0 Å². The summed E-state index contributed by atoms with van der Waals surface area (Å²) in [6.07, 6.45) is 7.42. The van der Waals surface area contributed by atoms with Gasteiger partial charge in [-0.3, -0.25) is 0 Å². The first-order valence-corrected chi connectivity index (χ1v) is 9.79. The monoisotopic (exact) mass is 423 g/mol. The summed E-state index contributed by atoms with van der Waals surface area (Å²) >= 11 is 0. The third-order valence-corrected chi connectivity index (χ3v) is 4.61. The second-order valence-electron chi connectivity index (χ2n) is 7.18. The van der Waals surface area contributed by atoms with Gasteiger partial charge in [0.2, 0.25) is 5.88 Å². The van der Waals surface area contributed by atoms with E-state index in [0.29, 0.717) is 25.9 Å². The van der Waals surface area contributed by atoms with Crippen LogP contribution in [-0.4, -0.2) is 46.3 Å². The molecule has 1 aromatic heterocycles. The van der Waals surface area contributed by atoms with Crippen LogP contribution in [0.3, 0.4) is 0 Å². The molecule has 1 saturated heterocycles. The highest BCUT2D eigenvalue weighted by atomic mass is 19.1. The van der Waals surface area contributed by atoms with Crippen LogP contribution >= 0.6 is 0 Å². The van der Waals surface area contributed by atoms with E-state index in [4.69, 9.17) is 22.5 Å². The summed E-state index contributed by atoms with van der Waals surface area (Å²) in [5.41, 5.74) is 0.582. The molecule has 0 aliphatic carbocycles. The van der Waals surface area contributed by atoms with Crippen LogP contribution in [-0.2, 0) is 4.74 Å². The zero-order valence-electron chi connectivity index (χ0n) is 17.3. The number of benzene rings is 1. The molecule has 160 valence electrons. The molecule has 3 rings (SSSR count). The van der Waals surface area contributed by atoms with E-state index in [-0.39, 0.29) is 46.9 Å². The minimum atomic E-state index is -0.599. The average Bonchev–Trinajstić information content (AvgIpc) is 2.75. The lowest BCUT2D eigenvalue weighted by Gasteiger charge is -2.31. The van der Waals surface area contributed by atoms with Crippen molar-refractivity contribution in [2.24, 2.45) is 0 Å². The molecule has 31 heavy (non-hydrogen) atoms. The smallest absolute Gasteiger partial charge is 0.410 e. The summed E-state index contributed by atoms with van der Waals surface area (Å²) in [7, 11) is 0. The first-order chi connectivity index (χ1) is 14.9. The van der Waals surface area contributed by atoms with E-state index in [1.165, 1.54) is 18.5 Å². The Morgan fingerprint density at radius 2 is 2.13 bits per heavy atom. The fourth-order valence-electron chi connectivity index (χ4n) is 3.08. The Bertz CT molecular complexity index is 1040. The molecule has 2 heterocycles. The fraction of sp³-hybridized carbons (Fsp3) is 0.364. The van der Waals surface area contributed by atoms with Gasteiger partial charge in [0.25, 0.3) is 0 Å². The molecule has 0 unspecified atom stereocenters. The molecule has 1 aliphatic rings. The summed E-state index contributed by atoms with van der Waals surface area (Å²) in [6.45, 7) is 11.6. The van der Waals surface area contributed by atoms with Crippen LogP contribution in [0.25, 0.3) is 4.85 Å². The molecule has 0 spiro atoms. The zero-order valence-corrected chi connectivity index (χ0v) is 17.3. The quantitative estimate of drug-likeness (QED) is 0.571. The Labute approximate surface area is 180 Å². The molecule has 1 aromatic carbocycles. The second-order valence-corrected chi connectivity index (χ2v) is 7.18. The maximum atomic E-state index is 14.2. The molecule has 8 nitrogen and oxygen atoms in total. The highest BCUT2D eigenvalue weighted by Gasteiger charge is 2.26. The third kappa shape index (κ3) is 5.40. The van der Waals surface area contributed by atoms with Gasteiger partial charge in [-0.05, 0) is 26.0 Å². The number of hydrogen-bond acceptors (Lipinski definition) is 6. The number of terminal acetylenes is 1. The van der Waals surface area contributed by atoms with Gasteiger partial charge in [0.1, 0.15) is 23.8 Å². The number of anilines is 2. The Balaban J connectivity index is 1.69. The SMILES string of the molecule is [C-]#[N+]c1ccc(Nc2ncnc(OC3CCN(C(=O)OC(C)C)CC3)c2C#C)c(F)c1. The number of amides is 1. The number of hydrogen-bond donors (Lipinski definition) is 1. The number of likely N-dealkylation sites (tertiary alicyclic amines) is 1. The molecule has 9 heteroatoms. The molecular weight excluding hydrogens is 401 g/mol. The molecule has 1 amide bonds. The highest BCUT2D eigenvalue weighted by molar-refractivity contribution is 5.68. The largest absolute Gasteiger partial charge is 0.473 e. The van der Waals surface area contributed by atoms with Gasteiger partial charge in [-0.15, -0.1) is 6.42 Å². The van der Waals surface area contributed by atoms with Crippen molar-refractivity contribution in [3.8, 4) is 18.2 Å². The van der Waals surface area contributed by atoms with Crippen LogP contribution in [0.2, 0.25) is 0 Å². The number of halogens is 1. The summed E-state index contributed by atoms with van der Waals surface area (Å²) < 4.78 is 25.4. The lowest BCUT2D eigenvalue weighted by Crippen LogP contribution is -2.42. The number of piperidine rings is 1. The standard InChI is InChI=1S/C22H22FN5O3/c1-5-17-20(27-19-7-6-15(24-4)12-18(19)23)25-13-26-21(17)31-16-8-10-28(11-9-16)22(29)30-14(2)3/h1,6-7,12-14,16H,8-11H2,2-3H3,(H,25,26,27). The van der Waals surface area contributed by atoms with E-state index in [1.807, 2.05) is 0 Å². The first kappa shape index (κ1) is 21.8. The molecular formula is C22H22FN5O3. The normalized spacial score (nSPS) is 13.9. The predicted molar refractivity (Wildman–Crippen MR) is 113 cm³/mol. The molecule has 2 aromatic rings. The number of aromatic nitrogens is 2. The lowest BCUT2D eigenvalue weighted by atomic mass is 10.1. The van der Waals surface area contributed by atoms with Gasteiger partial charge in [-0.25, -0.2) is 24.0 Å². The molecule has 0 saturated carbocycles. The van der Waals surface area contributed by atoms with E-state index < -0.39 is 5.82 Å². The zero-order chi connectivity index (χ0) is 22.4. The van der Waals surface area contributed by atoms with Gasteiger partial charge in [-0.2, -0.15) is 0 Å². The maximum Gasteiger partial charge on any atom is 0.410 e. The van der Waals surface area contributed by atoms with Gasteiger partial charge < -0.3 is 19.7 Å². The van der Waals surface area contributed by atoms with Crippen molar-refractivity contribution in [1.82, 2.24) is 14.9 Å². The highest BCUT2D eigenvalue weighted by Crippen LogP contribution is 2.29. The number of nitrogens with zero attached hydrogens (tertiary/aromatic N) is 4. The number of carbonyl (C=O) groups excluding carboxylic acids is 1. The Kier molecular flexibility index (Phi) is 6.88. The van der Waals surface area contributed by atoms with Crippen LogP contribution < -0.4 is 10.1 Å². The van der Waals surface area contributed by atoms with Crippen molar-refractivity contribution in [3.63, 3.8) is 0 Å². The van der Waals surface area contributed by atoms with E-state index >= 15 is 0 Å². The van der Waals surface area contributed by atoms with Crippen LogP contribution in [0.5, 0.6) is 5.88 Å². The van der Waals surface area contributed by atoms with E-state index in [9.17, 15) is 9.18 Å². The molecule has 0 radical (unpaired) electrons. The number of rotatable bonds is 5. The van der Waals surface area contributed by atoms with Crippen molar-refractivity contribution < 1.29 is 18.7 Å². The van der Waals surface area contributed by atoms with Gasteiger partial charge in [-0.1, -0.05) is 12.0 Å². The lowest BCUT2D eigenvalue weighted by molar-refractivity contribution is 0.0506. The van der Waals surface area contributed by atoms with Crippen LogP contribution in [0.4, 0.5) is 26.4 Å². The molecule has 1 N–H and O–H groups in total. The minimum absolute atomic E-state index is 0.130. The van der Waals surface area contributed by atoms with Crippen molar-refractivity contribution >= 4 is 23.3 Å². The van der Waals surface area contributed by atoms with Crippen molar-refractivity contribution in [2.45, 2.75) is 38.9 Å². The van der Waals surface area contributed by atoms with E-state index in [1.54, 1.807) is 18.7 Å². The van der Waals surface area contributed by atoms with Crippen LogP contribution in [0, 0.1) is 24.7 Å². The minimum Gasteiger partial charge on any atom is -0.473 e. The van der Waals surface area contributed by atoms with E-state index in [2.05, 4.69) is 26.1 Å². The third-order valence-electron chi connectivity index (χ3n) is 4.61. The van der Waals surface area contributed by atoms with Gasteiger partial charge in [0.15, 0.2) is 11.5 Å². The predicted octanol–water partition coefficient (Wildman–Crippen LogP) is 4.28. The summed E-state index contributed by atoms with van der Waals surface area (Å²) in [5, 5.41) is 2.84. The van der Waals surface area contributed by atoms with E-state index in [0.717, 1.165) is 6.07 Å². The van der Waals surface area contributed by atoms with Gasteiger partial charge in [0, 0.05) is 25.9 Å². The molecule has 0 atom stereocenters. The summed E-state index contributed by atoms with van der Waals surface area (Å²) in [6, 6.07) is 4.06. The van der Waals surface area contributed by atoms with Gasteiger partial charge >= 0.3 is 6.09 Å². The molecule has 0 bridgehead atoms. The van der Waals surface area contributed by atoms with Crippen LogP contribution in [0.1, 0.15) is 32.3 Å². The number of carbonyl (C=O) groups is 1. The summed E-state index contributed by atoms with van der Waals surface area (Å²) in [4.78, 5) is 25.1. The fourth-order valence-corrected chi connectivity index (χ4v) is 3.08. The second kappa shape index (κ2) is 9.77. The average molecular weight is 423 g/mol. The number of nitrogens with one attached hydrogen (secondary N) is 1. The topological polar surface area (TPSA) is 80.9 Å². The van der Waals surface area contributed by atoms with Crippen molar-refractivity contribution in [3.05, 3.63) is 47.3 Å². The van der Waals surface area contributed by atoms with Crippen molar-refractivity contribution in [2.75, 3.05) is 18.4 Å². The Morgan fingerprint density at radius 1 is 1.39 bits per heavy atom.